The molecule has 1 aromatic heterocycles. The number of nitrogens with one attached hydrogen (secondary N) is 1. The molecule has 3 N–H and O–H groups in total. The van der Waals surface area contributed by atoms with E-state index in [9.17, 15) is 0 Å². The van der Waals surface area contributed by atoms with Crippen molar-refractivity contribution in [3.63, 3.8) is 0 Å². The number of hydrogen-bond acceptors (Lipinski definition) is 3. The molecule has 0 radical (unpaired) electrons. The normalized spacial score (nSPS) is 12.7. The lowest BCUT2D eigenvalue weighted by Crippen LogP contribution is -2.29. The molecule has 1 aromatic carbocycles. The topological polar surface area (TPSA) is 38.0 Å². The molecule has 96 valence electrons. The minimum atomic E-state index is 0.161. The first-order valence-electron chi connectivity index (χ1n) is 5.87. The highest BCUT2D eigenvalue weighted by atomic mass is 79.9. The maximum atomic E-state index is 5.70. The number of benzene rings is 1. The summed E-state index contributed by atoms with van der Waals surface area (Å²) in [5.74, 6) is 5.70. The Kier molecular flexibility index (Phi) is 4.56. The fourth-order valence-electron chi connectivity index (χ4n) is 2.08. The van der Waals surface area contributed by atoms with E-state index in [1.165, 1.54) is 26.0 Å². The number of hydrogen-bond donors (Lipinski definition) is 2. The summed E-state index contributed by atoms with van der Waals surface area (Å²) in [5.41, 5.74) is 6.66. The number of thiophene rings is 1. The fourth-order valence-corrected chi connectivity index (χ4v) is 3.06. The van der Waals surface area contributed by atoms with Crippen LogP contribution < -0.4 is 11.3 Å². The third-order valence-corrected chi connectivity index (χ3v) is 5.20. The molecule has 1 atom stereocenters. The maximum absolute atomic E-state index is 5.70. The van der Waals surface area contributed by atoms with Crippen molar-refractivity contribution in [3.8, 4) is 0 Å². The summed E-state index contributed by atoms with van der Waals surface area (Å²) in [5, 5.41) is 2.10. The molecule has 2 nitrogen and oxygen atoms in total. The van der Waals surface area contributed by atoms with Gasteiger partial charge in [-0.25, -0.2) is 0 Å². The Bertz CT molecular complexity index is 500. The first-order valence-corrected chi connectivity index (χ1v) is 7.54. The lowest BCUT2D eigenvalue weighted by Gasteiger charge is -2.18. The van der Waals surface area contributed by atoms with Crippen molar-refractivity contribution in [1.82, 2.24) is 5.43 Å². The highest BCUT2D eigenvalue weighted by Gasteiger charge is 2.13. The first kappa shape index (κ1) is 13.7. The van der Waals surface area contributed by atoms with E-state index in [1.807, 2.05) is 0 Å². The van der Waals surface area contributed by atoms with E-state index in [2.05, 4.69) is 64.8 Å². The van der Waals surface area contributed by atoms with Gasteiger partial charge in [-0.3, -0.25) is 11.3 Å². The third-order valence-electron chi connectivity index (χ3n) is 3.05. The molecule has 0 spiro atoms. The Balaban J connectivity index is 2.27. The van der Waals surface area contributed by atoms with Crippen LogP contribution in [0.2, 0.25) is 0 Å². The van der Waals surface area contributed by atoms with E-state index < -0.39 is 0 Å². The minimum absolute atomic E-state index is 0.161. The maximum Gasteiger partial charge on any atom is 0.0508 e. The van der Waals surface area contributed by atoms with Gasteiger partial charge in [0, 0.05) is 15.8 Å². The molecule has 0 aliphatic carbocycles. The zero-order chi connectivity index (χ0) is 13.1. The molecular weight excluding hydrogens is 308 g/mol. The predicted octanol–water partition coefficient (Wildman–Crippen LogP) is 3.87. The predicted molar refractivity (Wildman–Crippen MR) is 81.7 cm³/mol. The molecule has 0 bridgehead atoms. The molecule has 0 fully saturated rings. The Labute approximate surface area is 120 Å². The highest BCUT2D eigenvalue weighted by molar-refractivity contribution is 9.10. The van der Waals surface area contributed by atoms with Crippen LogP contribution in [0.3, 0.4) is 0 Å². The molecule has 0 amide bonds. The quantitative estimate of drug-likeness (QED) is 0.661. The van der Waals surface area contributed by atoms with Gasteiger partial charge in [-0.1, -0.05) is 34.1 Å². The highest BCUT2D eigenvalue weighted by Crippen LogP contribution is 2.27. The van der Waals surface area contributed by atoms with Crippen LogP contribution >= 0.6 is 27.3 Å². The van der Waals surface area contributed by atoms with E-state index in [0.29, 0.717) is 0 Å². The second kappa shape index (κ2) is 5.97. The molecule has 1 unspecified atom stereocenters. The van der Waals surface area contributed by atoms with Crippen molar-refractivity contribution in [2.45, 2.75) is 26.3 Å². The van der Waals surface area contributed by atoms with Gasteiger partial charge in [0.1, 0.15) is 0 Å². The zero-order valence-electron chi connectivity index (χ0n) is 10.5. The summed E-state index contributed by atoms with van der Waals surface area (Å²) in [4.78, 5) is 1.34. The van der Waals surface area contributed by atoms with Gasteiger partial charge < -0.3 is 0 Å². The van der Waals surface area contributed by atoms with Crippen molar-refractivity contribution < 1.29 is 0 Å². The van der Waals surface area contributed by atoms with Crippen molar-refractivity contribution in [2.24, 2.45) is 5.84 Å². The van der Waals surface area contributed by atoms with E-state index in [4.69, 9.17) is 5.84 Å². The summed E-state index contributed by atoms with van der Waals surface area (Å²) in [6.07, 6.45) is 0.925. The summed E-state index contributed by atoms with van der Waals surface area (Å²) < 4.78 is 1.18. The average molecular weight is 325 g/mol. The second-order valence-corrected chi connectivity index (χ2v) is 6.30. The molecule has 4 heteroatoms. The average Bonchev–Trinajstić information content (AvgIpc) is 2.85. The Hall–Kier alpha value is -0.680. The van der Waals surface area contributed by atoms with Gasteiger partial charge in [0.2, 0.25) is 0 Å². The molecule has 18 heavy (non-hydrogen) atoms. The van der Waals surface area contributed by atoms with Crippen LogP contribution in [-0.2, 0) is 6.42 Å². The van der Waals surface area contributed by atoms with Gasteiger partial charge in [0.05, 0.1) is 6.04 Å². The van der Waals surface area contributed by atoms with Crippen molar-refractivity contribution in [3.05, 3.63) is 55.7 Å². The fraction of sp³-hybridized carbons (Fsp3) is 0.286. The molecular formula is C14H17BrN2S. The monoisotopic (exact) mass is 324 g/mol. The Morgan fingerprint density at radius 2 is 2.00 bits per heavy atom. The molecule has 1 heterocycles. The second-order valence-electron chi connectivity index (χ2n) is 4.47. The van der Waals surface area contributed by atoms with Crippen molar-refractivity contribution >= 4 is 27.3 Å². The van der Waals surface area contributed by atoms with Crippen LogP contribution in [0.25, 0.3) is 0 Å². The van der Waals surface area contributed by atoms with Crippen LogP contribution in [0.4, 0.5) is 0 Å². The SMILES string of the molecule is Cc1cc(C(Cc2cccs2)NN)cc(C)c1Br. The van der Waals surface area contributed by atoms with Crippen molar-refractivity contribution in [2.75, 3.05) is 0 Å². The number of rotatable bonds is 4. The molecule has 0 aliphatic rings. The van der Waals surface area contributed by atoms with E-state index in [0.717, 1.165) is 6.42 Å². The summed E-state index contributed by atoms with van der Waals surface area (Å²) >= 11 is 5.36. The van der Waals surface area contributed by atoms with E-state index >= 15 is 0 Å². The van der Waals surface area contributed by atoms with Crippen molar-refractivity contribution in [1.29, 1.82) is 0 Å². The molecule has 0 saturated carbocycles. The van der Waals surface area contributed by atoms with Crippen LogP contribution in [0.1, 0.15) is 27.6 Å². The van der Waals surface area contributed by atoms with E-state index in [1.54, 1.807) is 11.3 Å². The van der Waals surface area contributed by atoms with Crippen LogP contribution in [0.15, 0.2) is 34.1 Å². The van der Waals surface area contributed by atoms with Crippen LogP contribution in [-0.4, -0.2) is 0 Å². The lowest BCUT2D eigenvalue weighted by atomic mass is 9.99. The number of halogens is 1. The van der Waals surface area contributed by atoms with Gasteiger partial charge in [-0.05, 0) is 42.0 Å². The first-order chi connectivity index (χ1) is 8.61. The summed E-state index contributed by atoms with van der Waals surface area (Å²) in [7, 11) is 0. The molecule has 2 aromatic rings. The minimum Gasteiger partial charge on any atom is -0.271 e. The van der Waals surface area contributed by atoms with Crippen LogP contribution in [0.5, 0.6) is 0 Å². The van der Waals surface area contributed by atoms with Gasteiger partial charge in [0.25, 0.3) is 0 Å². The Morgan fingerprint density at radius 3 is 2.50 bits per heavy atom. The van der Waals surface area contributed by atoms with Crippen LogP contribution in [0, 0.1) is 13.8 Å². The largest absolute Gasteiger partial charge is 0.271 e. The van der Waals surface area contributed by atoms with Gasteiger partial charge in [-0.2, -0.15) is 0 Å². The number of hydrazine groups is 1. The summed E-state index contributed by atoms with van der Waals surface area (Å²) in [6, 6.07) is 8.76. The zero-order valence-corrected chi connectivity index (χ0v) is 12.9. The molecule has 0 saturated heterocycles. The van der Waals surface area contributed by atoms with Gasteiger partial charge in [-0.15, -0.1) is 11.3 Å². The number of aryl methyl sites for hydroxylation is 2. The molecule has 2 rings (SSSR count). The van der Waals surface area contributed by atoms with Gasteiger partial charge in [0.15, 0.2) is 0 Å². The van der Waals surface area contributed by atoms with Gasteiger partial charge >= 0.3 is 0 Å². The standard InChI is InChI=1S/C14H17BrN2S/c1-9-6-11(7-10(2)14(9)15)13(17-16)8-12-4-3-5-18-12/h3-7,13,17H,8,16H2,1-2H3. The summed E-state index contributed by atoms with van der Waals surface area (Å²) in [6.45, 7) is 4.22. The molecule has 0 aliphatic heterocycles. The third kappa shape index (κ3) is 3.01. The smallest absolute Gasteiger partial charge is 0.0508 e. The lowest BCUT2D eigenvalue weighted by molar-refractivity contribution is 0.555. The Morgan fingerprint density at radius 1 is 1.33 bits per heavy atom. The van der Waals surface area contributed by atoms with E-state index in [-0.39, 0.29) is 6.04 Å². The number of nitrogens with two attached hydrogens (primary N) is 1.